The van der Waals surface area contributed by atoms with Crippen LogP contribution in [0.4, 0.5) is 0 Å². The summed E-state index contributed by atoms with van der Waals surface area (Å²) in [6.07, 6.45) is 1.38. The highest BCUT2D eigenvalue weighted by Gasteiger charge is 2.12. The van der Waals surface area contributed by atoms with Gasteiger partial charge in [0.2, 0.25) is 0 Å². The number of hydrogen-bond donors (Lipinski definition) is 1. The van der Waals surface area contributed by atoms with Gasteiger partial charge in [-0.25, -0.2) is 4.79 Å². The maximum atomic E-state index is 11.0. The second kappa shape index (κ2) is 4.97. The summed E-state index contributed by atoms with van der Waals surface area (Å²) < 4.78 is 0. The first-order valence-corrected chi connectivity index (χ1v) is 5.78. The van der Waals surface area contributed by atoms with Crippen LogP contribution in [-0.4, -0.2) is 21.3 Å². The predicted octanol–water partition coefficient (Wildman–Crippen LogP) is 2.63. The maximum absolute atomic E-state index is 11.0. The molecule has 0 amide bonds. The van der Waals surface area contributed by atoms with Gasteiger partial charge in [-0.05, 0) is 25.1 Å². The van der Waals surface area contributed by atoms with Crippen LogP contribution in [0.3, 0.4) is 0 Å². The fourth-order valence-electron chi connectivity index (χ4n) is 1.27. The lowest BCUT2D eigenvalue weighted by atomic mass is 10.2. The number of aromatic carboxylic acids is 1. The molecule has 0 aliphatic rings. The first kappa shape index (κ1) is 11.6. The summed E-state index contributed by atoms with van der Waals surface area (Å²) in [7, 11) is 0. The molecular formula is C12H10N2O2S. The first-order chi connectivity index (χ1) is 8.16. The SMILES string of the molecule is Cc1ccc(Sc2nnccc2C(=O)O)cc1. The van der Waals surface area contributed by atoms with E-state index in [0.717, 1.165) is 10.5 Å². The molecule has 1 aromatic heterocycles. The molecule has 1 N–H and O–H groups in total. The van der Waals surface area contributed by atoms with Gasteiger partial charge < -0.3 is 5.11 Å². The topological polar surface area (TPSA) is 63.1 Å². The molecule has 0 radical (unpaired) electrons. The molecule has 0 aliphatic carbocycles. The lowest BCUT2D eigenvalue weighted by molar-refractivity contribution is 0.0692. The quantitative estimate of drug-likeness (QED) is 0.902. The van der Waals surface area contributed by atoms with Crippen molar-refractivity contribution in [3.05, 3.63) is 47.7 Å². The number of hydrogen-bond acceptors (Lipinski definition) is 4. The van der Waals surface area contributed by atoms with Crippen LogP contribution in [-0.2, 0) is 0 Å². The Balaban J connectivity index is 2.30. The van der Waals surface area contributed by atoms with Crippen molar-refractivity contribution in [3.8, 4) is 0 Å². The Bertz CT molecular complexity index is 540. The van der Waals surface area contributed by atoms with Gasteiger partial charge in [-0.2, -0.15) is 5.10 Å². The Hall–Kier alpha value is -1.88. The minimum absolute atomic E-state index is 0.172. The Morgan fingerprint density at radius 3 is 2.59 bits per heavy atom. The van der Waals surface area contributed by atoms with E-state index in [-0.39, 0.29) is 5.56 Å². The molecule has 0 aliphatic heterocycles. The van der Waals surface area contributed by atoms with Gasteiger partial charge in [0.15, 0.2) is 0 Å². The molecular weight excluding hydrogens is 236 g/mol. The molecule has 0 saturated heterocycles. The fraction of sp³-hybridized carbons (Fsp3) is 0.0833. The van der Waals surface area contributed by atoms with E-state index in [1.54, 1.807) is 0 Å². The van der Waals surface area contributed by atoms with E-state index >= 15 is 0 Å². The van der Waals surface area contributed by atoms with Crippen molar-refractivity contribution in [1.29, 1.82) is 0 Å². The highest BCUT2D eigenvalue weighted by molar-refractivity contribution is 7.99. The zero-order chi connectivity index (χ0) is 12.3. The van der Waals surface area contributed by atoms with Crippen molar-refractivity contribution in [2.24, 2.45) is 0 Å². The van der Waals surface area contributed by atoms with Crippen molar-refractivity contribution in [2.45, 2.75) is 16.8 Å². The van der Waals surface area contributed by atoms with Gasteiger partial charge in [0.1, 0.15) is 5.03 Å². The van der Waals surface area contributed by atoms with Crippen molar-refractivity contribution < 1.29 is 9.90 Å². The third-order valence-electron chi connectivity index (χ3n) is 2.15. The van der Waals surface area contributed by atoms with Gasteiger partial charge in [0.25, 0.3) is 0 Å². The highest BCUT2D eigenvalue weighted by Crippen LogP contribution is 2.28. The summed E-state index contributed by atoms with van der Waals surface area (Å²) in [6.45, 7) is 2.00. The lowest BCUT2D eigenvalue weighted by Crippen LogP contribution is -2.01. The summed E-state index contributed by atoms with van der Waals surface area (Å²) in [4.78, 5) is 11.9. The third-order valence-corrected chi connectivity index (χ3v) is 3.16. The molecule has 1 aromatic carbocycles. The van der Waals surface area contributed by atoms with Crippen molar-refractivity contribution in [3.63, 3.8) is 0 Å². The molecule has 0 saturated carbocycles. The van der Waals surface area contributed by atoms with Crippen LogP contribution in [0.1, 0.15) is 15.9 Å². The second-order valence-electron chi connectivity index (χ2n) is 3.47. The molecule has 2 rings (SSSR count). The zero-order valence-corrected chi connectivity index (χ0v) is 9.94. The minimum Gasteiger partial charge on any atom is -0.478 e. The molecule has 5 heteroatoms. The molecule has 1 heterocycles. The smallest absolute Gasteiger partial charge is 0.338 e. The van der Waals surface area contributed by atoms with Crippen molar-refractivity contribution in [1.82, 2.24) is 10.2 Å². The largest absolute Gasteiger partial charge is 0.478 e. The molecule has 0 unspecified atom stereocenters. The molecule has 0 spiro atoms. The first-order valence-electron chi connectivity index (χ1n) is 4.96. The number of carbonyl (C=O) groups is 1. The average Bonchev–Trinajstić information content (AvgIpc) is 2.32. The summed E-state index contributed by atoms with van der Waals surface area (Å²) in [5.41, 5.74) is 1.33. The fourth-order valence-corrected chi connectivity index (χ4v) is 2.12. The Kier molecular flexibility index (Phi) is 3.39. The summed E-state index contributed by atoms with van der Waals surface area (Å²) in [6, 6.07) is 9.25. The van der Waals surface area contributed by atoms with E-state index < -0.39 is 5.97 Å². The Morgan fingerprint density at radius 1 is 1.24 bits per heavy atom. The van der Waals surface area contributed by atoms with Crippen LogP contribution in [0.25, 0.3) is 0 Å². The summed E-state index contributed by atoms with van der Waals surface area (Å²) >= 11 is 1.30. The lowest BCUT2D eigenvalue weighted by Gasteiger charge is -2.03. The number of aromatic nitrogens is 2. The number of aryl methyl sites for hydroxylation is 1. The van der Waals surface area contributed by atoms with Gasteiger partial charge in [-0.3, -0.25) is 0 Å². The average molecular weight is 246 g/mol. The van der Waals surface area contributed by atoms with E-state index in [1.807, 2.05) is 31.2 Å². The van der Waals surface area contributed by atoms with E-state index in [4.69, 9.17) is 5.11 Å². The molecule has 17 heavy (non-hydrogen) atoms. The number of benzene rings is 1. The van der Waals surface area contributed by atoms with E-state index in [2.05, 4.69) is 10.2 Å². The van der Waals surface area contributed by atoms with Gasteiger partial charge in [0, 0.05) is 4.90 Å². The Morgan fingerprint density at radius 2 is 1.94 bits per heavy atom. The highest BCUT2D eigenvalue weighted by atomic mass is 32.2. The number of carboxylic acid groups (broad SMARTS) is 1. The molecule has 0 fully saturated rings. The maximum Gasteiger partial charge on any atom is 0.338 e. The molecule has 2 aromatic rings. The van der Waals surface area contributed by atoms with E-state index in [1.165, 1.54) is 24.0 Å². The number of nitrogens with zero attached hydrogens (tertiary/aromatic N) is 2. The zero-order valence-electron chi connectivity index (χ0n) is 9.12. The van der Waals surface area contributed by atoms with E-state index in [9.17, 15) is 4.79 Å². The molecule has 0 bridgehead atoms. The van der Waals surface area contributed by atoms with Crippen LogP contribution in [0.5, 0.6) is 0 Å². The van der Waals surface area contributed by atoms with Crippen LogP contribution in [0, 0.1) is 6.92 Å². The second-order valence-corrected chi connectivity index (χ2v) is 4.53. The minimum atomic E-state index is -0.991. The van der Waals surface area contributed by atoms with Crippen molar-refractivity contribution >= 4 is 17.7 Å². The normalized spacial score (nSPS) is 10.2. The van der Waals surface area contributed by atoms with Gasteiger partial charge in [0.05, 0.1) is 11.8 Å². The molecule has 0 atom stereocenters. The molecule has 4 nitrogen and oxygen atoms in total. The third kappa shape index (κ3) is 2.82. The van der Waals surface area contributed by atoms with Crippen LogP contribution >= 0.6 is 11.8 Å². The summed E-state index contributed by atoms with van der Waals surface area (Å²) in [5.74, 6) is -0.991. The summed E-state index contributed by atoms with van der Waals surface area (Å²) in [5, 5.41) is 17.0. The van der Waals surface area contributed by atoms with Crippen LogP contribution in [0.2, 0.25) is 0 Å². The number of carboxylic acids is 1. The van der Waals surface area contributed by atoms with Gasteiger partial charge in [-0.1, -0.05) is 29.5 Å². The Labute approximate surface area is 103 Å². The number of rotatable bonds is 3. The van der Waals surface area contributed by atoms with Crippen LogP contribution < -0.4 is 0 Å². The molecule has 86 valence electrons. The standard InChI is InChI=1S/C12H10N2O2S/c1-8-2-4-9(5-3-8)17-11-10(12(15)16)6-7-13-14-11/h2-7H,1H3,(H,15,16). The predicted molar refractivity (Wildman–Crippen MR) is 64.3 cm³/mol. The van der Waals surface area contributed by atoms with Crippen LogP contribution in [0.15, 0.2) is 46.5 Å². The van der Waals surface area contributed by atoms with E-state index in [0.29, 0.717) is 5.03 Å². The van der Waals surface area contributed by atoms with Gasteiger partial charge in [-0.15, -0.1) is 5.10 Å². The van der Waals surface area contributed by atoms with Crippen molar-refractivity contribution in [2.75, 3.05) is 0 Å². The monoisotopic (exact) mass is 246 g/mol. The van der Waals surface area contributed by atoms with Gasteiger partial charge >= 0.3 is 5.97 Å².